The fourth-order valence-electron chi connectivity index (χ4n) is 9.40. The van der Waals surface area contributed by atoms with Crippen molar-refractivity contribution in [1.82, 2.24) is 0 Å². The molecule has 0 aromatic heterocycles. The first-order valence-electron chi connectivity index (χ1n) is 21.0. The van der Waals surface area contributed by atoms with Gasteiger partial charge in [0.25, 0.3) is 0 Å². The Kier molecular flexibility index (Phi) is 9.55. The van der Waals surface area contributed by atoms with Crippen LogP contribution in [0.5, 0.6) is 0 Å². The van der Waals surface area contributed by atoms with E-state index in [0.717, 1.165) is 0 Å². The molecule has 0 bridgehead atoms. The molecule has 11 aromatic rings. The molecule has 0 aliphatic heterocycles. The minimum absolute atomic E-state index is 1.26. The predicted octanol–water partition coefficient (Wildman–Crippen LogP) is 17.0. The Bertz CT molecular complexity index is 3360. The first kappa shape index (κ1) is 37.0. The summed E-state index contributed by atoms with van der Waals surface area (Å²) in [4.78, 5) is 0. The average molecular weight is 767 g/mol. The van der Waals surface area contributed by atoms with Crippen LogP contribution >= 0.6 is 0 Å². The van der Waals surface area contributed by atoms with E-state index in [1.807, 2.05) is 0 Å². The van der Waals surface area contributed by atoms with Gasteiger partial charge in [0.05, 0.1) is 0 Å². The second kappa shape index (κ2) is 15.5. The summed E-state index contributed by atoms with van der Waals surface area (Å²) >= 11 is 0. The van der Waals surface area contributed by atoms with E-state index in [0.29, 0.717) is 0 Å². The molecule has 0 heteroatoms. The van der Waals surface area contributed by atoms with Crippen molar-refractivity contribution in [2.24, 2.45) is 0 Å². The van der Waals surface area contributed by atoms with Gasteiger partial charge in [-0.25, -0.2) is 0 Å². The zero-order valence-corrected chi connectivity index (χ0v) is 34.6. The zero-order chi connectivity index (χ0) is 40.7. The zero-order valence-electron chi connectivity index (χ0n) is 34.6. The van der Waals surface area contributed by atoms with Crippen LogP contribution in [0.25, 0.3) is 98.4 Å². The second-order valence-electron chi connectivity index (χ2n) is 16.3. The molecule has 0 radical (unpaired) electrons. The highest BCUT2D eigenvalue weighted by atomic mass is 14.2. The highest BCUT2D eigenvalue weighted by molar-refractivity contribution is 6.24. The molecule has 11 aromatic carbocycles. The summed E-state index contributed by atoms with van der Waals surface area (Å²) in [5, 5.41) is 13.1. The standard InChI is InChI=1S/C31H22.C29H24/c1-21-18-19-28-29(20-21)31(25-17-9-13-22-10-5-6-14-24(22)25)27-16-8-7-15-26(27)30(28)23-11-3-2-4-12-23;1-19-11-15-22(16-12-19)28-24-8-4-5-9-25(24)29(23-17-13-20(2)14-18-23)27-21(3)7-6-10-26(27)28/h2-20H,1H3;4-18H,1-3H3. The number of benzene rings is 11. The third kappa shape index (κ3) is 6.52. The van der Waals surface area contributed by atoms with Crippen molar-refractivity contribution in [3.05, 3.63) is 229 Å². The van der Waals surface area contributed by atoms with E-state index >= 15 is 0 Å². The molecule has 0 aliphatic carbocycles. The average Bonchev–Trinajstić information content (AvgIpc) is 3.29. The normalized spacial score (nSPS) is 11.3. The minimum atomic E-state index is 1.26. The van der Waals surface area contributed by atoms with Crippen LogP contribution in [0.1, 0.15) is 22.3 Å². The molecule has 0 fully saturated rings. The largest absolute Gasteiger partial charge is 0.0622 e. The van der Waals surface area contributed by atoms with Gasteiger partial charge in [-0.1, -0.05) is 223 Å². The minimum Gasteiger partial charge on any atom is -0.0622 e. The van der Waals surface area contributed by atoms with Crippen molar-refractivity contribution in [1.29, 1.82) is 0 Å². The summed E-state index contributed by atoms with van der Waals surface area (Å²) in [6.07, 6.45) is 0. The molecular formula is C60H46. The molecule has 0 amide bonds. The lowest BCUT2D eigenvalue weighted by molar-refractivity contribution is 1.47. The van der Waals surface area contributed by atoms with Crippen LogP contribution < -0.4 is 0 Å². The molecule has 0 atom stereocenters. The van der Waals surface area contributed by atoms with Gasteiger partial charge in [-0.05, 0) is 132 Å². The number of fused-ring (bicyclic) bond motifs is 5. The third-order valence-corrected chi connectivity index (χ3v) is 12.2. The first-order valence-corrected chi connectivity index (χ1v) is 21.0. The van der Waals surface area contributed by atoms with Crippen LogP contribution in [0.3, 0.4) is 0 Å². The van der Waals surface area contributed by atoms with Crippen LogP contribution in [0.2, 0.25) is 0 Å². The SMILES string of the molecule is Cc1ccc(-c2c3ccccc3c(-c3ccc(C)cc3)c3c(C)cccc23)cc1.Cc1ccc2c(-c3ccccc3)c3ccccc3c(-c3cccc4ccccc34)c2c1. The molecular weight excluding hydrogens is 721 g/mol. The monoisotopic (exact) mass is 766 g/mol. The van der Waals surface area contributed by atoms with E-state index in [2.05, 4.69) is 234 Å². The topological polar surface area (TPSA) is 0 Å². The molecule has 286 valence electrons. The van der Waals surface area contributed by atoms with E-state index in [9.17, 15) is 0 Å². The lowest BCUT2D eigenvalue weighted by Crippen LogP contribution is -1.92. The van der Waals surface area contributed by atoms with Crippen molar-refractivity contribution in [2.45, 2.75) is 27.7 Å². The van der Waals surface area contributed by atoms with Crippen LogP contribution in [0.15, 0.2) is 206 Å². The lowest BCUT2D eigenvalue weighted by atomic mass is 9.84. The fourth-order valence-corrected chi connectivity index (χ4v) is 9.40. The predicted molar refractivity (Wildman–Crippen MR) is 261 cm³/mol. The van der Waals surface area contributed by atoms with Crippen LogP contribution in [-0.2, 0) is 0 Å². The molecule has 0 nitrogen and oxygen atoms in total. The summed E-state index contributed by atoms with van der Waals surface area (Å²) in [5.74, 6) is 0. The summed E-state index contributed by atoms with van der Waals surface area (Å²) in [6, 6.07) is 75.3. The number of aryl methyl sites for hydroxylation is 4. The molecule has 11 rings (SSSR count). The number of hydrogen-bond acceptors (Lipinski definition) is 0. The van der Waals surface area contributed by atoms with E-state index in [1.54, 1.807) is 0 Å². The Morgan fingerprint density at radius 1 is 0.250 bits per heavy atom. The second-order valence-corrected chi connectivity index (χ2v) is 16.3. The molecule has 0 saturated heterocycles. The van der Waals surface area contributed by atoms with Gasteiger partial charge in [-0.15, -0.1) is 0 Å². The van der Waals surface area contributed by atoms with Crippen molar-refractivity contribution in [3.8, 4) is 44.5 Å². The number of rotatable bonds is 4. The maximum atomic E-state index is 2.35. The van der Waals surface area contributed by atoms with Crippen molar-refractivity contribution < 1.29 is 0 Å². The van der Waals surface area contributed by atoms with Crippen molar-refractivity contribution in [3.63, 3.8) is 0 Å². The van der Waals surface area contributed by atoms with Gasteiger partial charge >= 0.3 is 0 Å². The Morgan fingerprint density at radius 2 is 0.683 bits per heavy atom. The molecule has 0 unspecified atom stereocenters. The maximum Gasteiger partial charge on any atom is -0.00200 e. The fraction of sp³-hybridized carbons (Fsp3) is 0.0667. The quantitative estimate of drug-likeness (QED) is 0.157. The number of hydrogen-bond donors (Lipinski definition) is 0. The third-order valence-electron chi connectivity index (χ3n) is 12.2. The van der Waals surface area contributed by atoms with E-state index in [4.69, 9.17) is 0 Å². The highest BCUT2D eigenvalue weighted by Gasteiger charge is 2.19. The molecule has 0 N–H and O–H groups in total. The summed E-state index contributed by atoms with van der Waals surface area (Å²) in [6.45, 7) is 8.70. The maximum absolute atomic E-state index is 2.35. The van der Waals surface area contributed by atoms with E-state index < -0.39 is 0 Å². The highest BCUT2D eigenvalue weighted by Crippen LogP contribution is 2.47. The van der Waals surface area contributed by atoms with Gasteiger partial charge in [-0.2, -0.15) is 0 Å². The van der Waals surface area contributed by atoms with Crippen LogP contribution in [0, 0.1) is 27.7 Å². The Labute approximate surface area is 353 Å². The Hall–Kier alpha value is -7.28. The summed E-state index contributed by atoms with van der Waals surface area (Å²) in [5.41, 5.74) is 15.6. The molecule has 0 aliphatic rings. The Morgan fingerprint density at radius 3 is 1.33 bits per heavy atom. The van der Waals surface area contributed by atoms with Gasteiger partial charge in [-0.3, -0.25) is 0 Å². The van der Waals surface area contributed by atoms with Crippen molar-refractivity contribution >= 4 is 53.9 Å². The smallest absolute Gasteiger partial charge is 0.00200 e. The van der Waals surface area contributed by atoms with Gasteiger partial charge in [0.1, 0.15) is 0 Å². The lowest BCUT2D eigenvalue weighted by Gasteiger charge is -2.19. The summed E-state index contributed by atoms with van der Waals surface area (Å²) in [7, 11) is 0. The van der Waals surface area contributed by atoms with Crippen molar-refractivity contribution in [2.75, 3.05) is 0 Å². The van der Waals surface area contributed by atoms with E-state index in [1.165, 1.54) is 121 Å². The van der Waals surface area contributed by atoms with Gasteiger partial charge in [0, 0.05) is 0 Å². The van der Waals surface area contributed by atoms with Gasteiger partial charge in [0.2, 0.25) is 0 Å². The molecule has 0 spiro atoms. The molecule has 0 heterocycles. The Balaban J connectivity index is 0.000000145. The van der Waals surface area contributed by atoms with Crippen LogP contribution in [0.4, 0.5) is 0 Å². The van der Waals surface area contributed by atoms with Crippen LogP contribution in [-0.4, -0.2) is 0 Å². The summed E-state index contributed by atoms with van der Waals surface area (Å²) < 4.78 is 0. The van der Waals surface area contributed by atoms with E-state index in [-0.39, 0.29) is 0 Å². The van der Waals surface area contributed by atoms with Gasteiger partial charge < -0.3 is 0 Å². The molecule has 60 heavy (non-hydrogen) atoms. The first-order chi connectivity index (χ1) is 29.4. The molecule has 0 saturated carbocycles. The van der Waals surface area contributed by atoms with Gasteiger partial charge in [0.15, 0.2) is 0 Å².